The molecule has 0 saturated carbocycles. The standard InChI is InChI=1S/C13H20N4O3/c1-2-9-16-11(18)15-12(19)17(13(16)20)10-7-5-3-4-6-8-14/h2-7,9-10H2,1H3,(H,15,18,19). The Morgan fingerprint density at radius 2 is 1.60 bits per heavy atom. The molecular formula is C13H20N4O3. The molecule has 7 nitrogen and oxygen atoms in total. The molecule has 0 aliphatic rings. The Morgan fingerprint density at radius 3 is 2.20 bits per heavy atom. The van der Waals surface area contributed by atoms with Crippen LogP contribution in [-0.2, 0) is 13.1 Å². The van der Waals surface area contributed by atoms with E-state index in [4.69, 9.17) is 5.26 Å². The lowest BCUT2D eigenvalue weighted by molar-refractivity contribution is 0.480. The van der Waals surface area contributed by atoms with Gasteiger partial charge in [0.25, 0.3) is 0 Å². The maximum Gasteiger partial charge on any atom is 0.336 e. The van der Waals surface area contributed by atoms with E-state index in [2.05, 4.69) is 11.1 Å². The average Bonchev–Trinajstić information content (AvgIpc) is 2.41. The number of hydrogen-bond donors (Lipinski definition) is 1. The molecule has 0 aliphatic carbocycles. The highest BCUT2D eigenvalue weighted by Crippen LogP contribution is 2.02. The molecule has 20 heavy (non-hydrogen) atoms. The van der Waals surface area contributed by atoms with Crippen LogP contribution >= 0.6 is 0 Å². The summed E-state index contributed by atoms with van der Waals surface area (Å²) in [4.78, 5) is 37.3. The minimum Gasteiger partial charge on any atom is -0.259 e. The molecule has 0 fully saturated rings. The second kappa shape index (κ2) is 8.15. The fourth-order valence-electron chi connectivity index (χ4n) is 1.99. The van der Waals surface area contributed by atoms with Crippen LogP contribution < -0.4 is 17.1 Å². The number of rotatable bonds is 8. The van der Waals surface area contributed by atoms with Gasteiger partial charge in [0.05, 0.1) is 6.07 Å². The van der Waals surface area contributed by atoms with Gasteiger partial charge in [0.1, 0.15) is 0 Å². The first kappa shape index (κ1) is 16.0. The largest absolute Gasteiger partial charge is 0.336 e. The fourth-order valence-corrected chi connectivity index (χ4v) is 1.99. The number of H-pyrrole nitrogens is 1. The molecule has 0 radical (unpaired) electrons. The minimum absolute atomic E-state index is 0.296. The number of unbranched alkanes of at least 4 members (excludes halogenated alkanes) is 4. The van der Waals surface area contributed by atoms with Crippen LogP contribution in [0.1, 0.15) is 45.4 Å². The zero-order valence-corrected chi connectivity index (χ0v) is 11.7. The molecule has 0 bridgehead atoms. The first-order chi connectivity index (χ1) is 9.61. The van der Waals surface area contributed by atoms with Crippen LogP contribution in [0.4, 0.5) is 0 Å². The van der Waals surface area contributed by atoms with E-state index in [1.165, 1.54) is 0 Å². The highest BCUT2D eigenvalue weighted by atomic mass is 16.2. The summed E-state index contributed by atoms with van der Waals surface area (Å²) in [6, 6.07) is 2.07. The van der Waals surface area contributed by atoms with Crippen LogP contribution in [0.3, 0.4) is 0 Å². The van der Waals surface area contributed by atoms with Crippen LogP contribution in [0.15, 0.2) is 14.4 Å². The highest BCUT2D eigenvalue weighted by Gasteiger charge is 2.08. The topological polar surface area (TPSA) is 101 Å². The Kier molecular flexibility index (Phi) is 6.50. The molecule has 0 aliphatic heterocycles. The normalized spacial score (nSPS) is 10.4. The second-order valence-electron chi connectivity index (χ2n) is 4.64. The summed E-state index contributed by atoms with van der Waals surface area (Å²) in [5, 5.41) is 8.41. The lowest BCUT2D eigenvalue weighted by Crippen LogP contribution is -2.49. The van der Waals surface area contributed by atoms with Crippen molar-refractivity contribution < 1.29 is 0 Å². The molecule has 0 amide bonds. The van der Waals surface area contributed by atoms with Crippen LogP contribution in [-0.4, -0.2) is 14.1 Å². The Morgan fingerprint density at radius 1 is 1.00 bits per heavy atom. The van der Waals surface area contributed by atoms with Crippen molar-refractivity contribution in [1.82, 2.24) is 14.1 Å². The predicted octanol–water partition coefficient (Wildman–Crippen LogP) is 0.582. The van der Waals surface area contributed by atoms with E-state index >= 15 is 0 Å². The Bertz CT molecular complexity index is 633. The zero-order chi connectivity index (χ0) is 15.0. The summed E-state index contributed by atoms with van der Waals surface area (Å²) in [5.41, 5.74) is -1.84. The molecule has 0 spiro atoms. The third kappa shape index (κ3) is 4.23. The number of nitrogens with zero attached hydrogens (tertiary/aromatic N) is 3. The van der Waals surface area contributed by atoms with Crippen LogP contribution in [0.25, 0.3) is 0 Å². The summed E-state index contributed by atoms with van der Waals surface area (Å²) in [6.45, 7) is 2.46. The van der Waals surface area contributed by atoms with Crippen LogP contribution in [0.5, 0.6) is 0 Å². The summed E-state index contributed by atoms with van der Waals surface area (Å²) in [6.07, 6.45) is 4.43. The van der Waals surface area contributed by atoms with E-state index in [0.29, 0.717) is 32.4 Å². The highest BCUT2D eigenvalue weighted by molar-refractivity contribution is 4.74. The number of nitriles is 1. The van der Waals surface area contributed by atoms with E-state index in [0.717, 1.165) is 28.4 Å². The van der Waals surface area contributed by atoms with Gasteiger partial charge >= 0.3 is 17.1 Å². The number of aromatic amines is 1. The first-order valence-corrected chi connectivity index (χ1v) is 6.92. The second-order valence-corrected chi connectivity index (χ2v) is 4.64. The van der Waals surface area contributed by atoms with Crippen LogP contribution in [0, 0.1) is 11.3 Å². The molecule has 1 aromatic rings. The molecule has 0 unspecified atom stereocenters. The van der Waals surface area contributed by atoms with E-state index < -0.39 is 17.1 Å². The van der Waals surface area contributed by atoms with Crippen molar-refractivity contribution in [3.05, 3.63) is 31.5 Å². The van der Waals surface area contributed by atoms with Crippen molar-refractivity contribution in [2.45, 2.75) is 58.5 Å². The van der Waals surface area contributed by atoms with Crippen molar-refractivity contribution in [2.75, 3.05) is 0 Å². The fraction of sp³-hybridized carbons (Fsp3) is 0.692. The third-order valence-electron chi connectivity index (χ3n) is 3.03. The van der Waals surface area contributed by atoms with E-state index in [-0.39, 0.29) is 0 Å². The van der Waals surface area contributed by atoms with Crippen LogP contribution in [0.2, 0.25) is 0 Å². The Hall–Kier alpha value is -2.10. The monoisotopic (exact) mass is 280 g/mol. The Labute approximate surface area is 116 Å². The molecule has 1 aromatic heterocycles. The van der Waals surface area contributed by atoms with Gasteiger partial charge in [-0.2, -0.15) is 5.26 Å². The van der Waals surface area contributed by atoms with E-state index in [1.807, 2.05) is 6.92 Å². The SMILES string of the molecule is CCCn1c(=O)[nH]c(=O)n(CCCCCCC#N)c1=O. The van der Waals surface area contributed by atoms with Crippen molar-refractivity contribution in [3.8, 4) is 6.07 Å². The van der Waals surface area contributed by atoms with E-state index in [9.17, 15) is 14.4 Å². The summed E-state index contributed by atoms with van der Waals surface area (Å²) in [7, 11) is 0. The average molecular weight is 280 g/mol. The van der Waals surface area contributed by atoms with Gasteiger partial charge in [-0.3, -0.25) is 4.98 Å². The maximum atomic E-state index is 12.0. The van der Waals surface area contributed by atoms with Crippen molar-refractivity contribution in [2.24, 2.45) is 0 Å². The molecule has 1 rings (SSSR count). The summed E-state index contributed by atoms with van der Waals surface area (Å²) in [5.74, 6) is 0. The lowest BCUT2D eigenvalue weighted by Gasteiger charge is -2.07. The lowest BCUT2D eigenvalue weighted by atomic mass is 10.1. The number of nitrogens with one attached hydrogen (secondary N) is 1. The van der Waals surface area contributed by atoms with Crippen molar-refractivity contribution in [1.29, 1.82) is 5.26 Å². The number of aromatic nitrogens is 3. The van der Waals surface area contributed by atoms with E-state index in [1.54, 1.807) is 0 Å². The Balaban J connectivity index is 2.73. The van der Waals surface area contributed by atoms with Crippen molar-refractivity contribution in [3.63, 3.8) is 0 Å². The van der Waals surface area contributed by atoms with Gasteiger partial charge < -0.3 is 0 Å². The van der Waals surface area contributed by atoms with Gasteiger partial charge in [-0.05, 0) is 19.3 Å². The summed E-state index contributed by atoms with van der Waals surface area (Å²) >= 11 is 0. The molecule has 110 valence electrons. The third-order valence-corrected chi connectivity index (χ3v) is 3.03. The number of hydrogen-bond acceptors (Lipinski definition) is 4. The minimum atomic E-state index is -0.649. The molecule has 0 saturated heterocycles. The molecule has 1 heterocycles. The molecular weight excluding hydrogens is 260 g/mol. The quantitative estimate of drug-likeness (QED) is 0.704. The van der Waals surface area contributed by atoms with Gasteiger partial charge in [-0.15, -0.1) is 0 Å². The van der Waals surface area contributed by atoms with Gasteiger partial charge in [0.15, 0.2) is 0 Å². The first-order valence-electron chi connectivity index (χ1n) is 6.92. The molecule has 7 heteroatoms. The molecule has 1 N–H and O–H groups in total. The summed E-state index contributed by atoms with van der Waals surface area (Å²) < 4.78 is 2.12. The smallest absolute Gasteiger partial charge is 0.259 e. The molecule has 0 aromatic carbocycles. The van der Waals surface area contributed by atoms with Gasteiger partial charge in [0.2, 0.25) is 0 Å². The van der Waals surface area contributed by atoms with Gasteiger partial charge in [-0.1, -0.05) is 19.8 Å². The maximum absolute atomic E-state index is 12.0. The zero-order valence-electron chi connectivity index (χ0n) is 11.7. The van der Waals surface area contributed by atoms with Gasteiger partial charge in [0, 0.05) is 19.5 Å². The molecule has 0 atom stereocenters. The predicted molar refractivity (Wildman–Crippen MR) is 74.6 cm³/mol. The van der Waals surface area contributed by atoms with Crippen molar-refractivity contribution >= 4 is 0 Å². The van der Waals surface area contributed by atoms with Gasteiger partial charge in [-0.25, -0.2) is 23.5 Å².